The summed E-state index contributed by atoms with van der Waals surface area (Å²) in [7, 11) is 0. The molecule has 84 valence electrons. The Balaban J connectivity index is 2.20. The van der Waals surface area contributed by atoms with E-state index in [1.54, 1.807) is 18.0 Å². The van der Waals surface area contributed by atoms with E-state index in [-0.39, 0.29) is 5.25 Å². The van der Waals surface area contributed by atoms with Crippen LogP contribution in [-0.4, -0.2) is 16.5 Å². The van der Waals surface area contributed by atoms with Crippen molar-refractivity contribution >= 4 is 27.7 Å². The fraction of sp³-hybridized carbons (Fsp3) is 0.182. The molecular weight excluding hydrogens is 286 g/mol. The van der Waals surface area contributed by atoms with Crippen molar-refractivity contribution < 1.29 is 0 Å². The number of halogens is 1. The summed E-state index contributed by atoms with van der Waals surface area (Å²) in [6.07, 6.45) is 3.56. The van der Waals surface area contributed by atoms with E-state index >= 15 is 0 Å². The highest BCUT2D eigenvalue weighted by Crippen LogP contribution is 2.35. The lowest BCUT2D eigenvalue weighted by molar-refractivity contribution is 0.922. The molecule has 0 bridgehead atoms. The van der Waals surface area contributed by atoms with E-state index in [1.807, 2.05) is 24.4 Å². The lowest BCUT2D eigenvalue weighted by atomic mass is 10.1. The third-order valence-electron chi connectivity index (χ3n) is 2.19. The third-order valence-corrected chi connectivity index (χ3v) is 4.09. The zero-order valence-electron chi connectivity index (χ0n) is 8.56. The zero-order chi connectivity index (χ0) is 11.4. The molecule has 3 nitrogen and oxygen atoms in total. The Hall–Kier alpha value is -0.780. The minimum atomic E-state index is 0.210. The maximum Gasteiger partial charge on any atom is 0.165 e. The smallest absolute Gasteiger partial charge is 0.165 e. The maximum atomic E-state index is 5.81. The first kappa shape index (κ1) is 11.7. The normalized spacial score (nSPS) is 12.6. The topological polar surface area (TPSA) is 54.7 Å². The summed E-state index contributed by atoms with van der Waals surface area (Å²) in [5.41, 5.74) is 7.01. The number of nitrogens with zero attached hydrogens (tertiary/aromatic N) is 1. The number of imidazole rings is 1. The number of thioether (sulfide) groups is 1. The molecule has 1 heterocycles. The summed E-state index contributed by atoms with van der Waals surface area (Å²) in [4.78, 5) is 7.27. The second kappa shape index (κ2) is 5.52. The van der Waals surface area contributed by atoms with E-state index < -0.39 is 0 Å². The Morgan fingerprint density at radius 2 is 2.25 bits per heavy atom. The molecule has 2 rings (SSSR count). The standard InChI is InChI=1S/C11H12BrN3S/c12-9-4-2-1-3-8(9)10(7-13)16-11-14-5-6-15-11/h1-6,10H,7,13H2,(H,14,15). The van der Waals surface area contributed by atoms with Crippen LogP contribution in [0.15, 0.2) is 46.3 Å². The average Bonchev–Trinajstić information content (AvgIpc) is 2.80. The molecule has 0 radical (unpaired) electrons. The highest BCUT2D eigenvalue weighted by atomic mass is 79.9. The van der Waals surface area contributed by atoms with Gasteiger partial charge in [0.1, 0.15) is 0 Å². The van der Waals surface area contributed by atoms with Crippen LogP contribution in [-0.2, 0) is 0 Å². The Labute approximate surface area is 107 Å². The number of hydrogen-bond acceptors (Lipinski definition) is 3. The summed E-state index contributed by atoms with van der Waals surface area (Å²) in [6, 6.07) is 8.13. The predicted molar refractivity (Wildman–Crippen MR) is 70.4 cm³/mol. The summed E-state index contributed by atoms with van der Waals surface area (Å²) in [5, 5.41) is 1.10. The minimum Gasteiger partial charge on any atom is -0.340 e. The molecule has 0 saturated carbocycles. The minimum absolute atomic E-state index is 0.210. The van der Waals surface area contributed by atoms with Gasteiger partial charge < -0.3 is 10.7 Å². The Kier molecular flexibility index (Phi) is 4.04. The number of H-pyrrole nitrogens is 1. The molecule has 1 unspecified atom stereocenters. The second-order valence-corrected chi connectivity index (χ2v) is 5.30. The first-order valence-corrected chi connectivity index (χ1v) is 6.59. The maximum absolute atomic E-state index is 5.81. The largest absolute Gasteiger partial charge is 0.340 e. The van der Waals surface area contributed by atoms with E-state index in [4.69, 9.17) is 5.73 Å². The van der Waals surface area contributed by atoms with Crippen molar-refractivity contribution in [3.63, 3.8) is 0 Å². The molecule has 0 aliphatic rings. The molecule has 0 saturated heterocycles. The Morgan fingerprint density at radius 1 is 1.44 bits per heavy atom. The van der Waals surface area contributed by atoms with Gasteiger partial charge in [0.05, 0.1) is 5.25 Å². The first-order valence-electron chi connectivity index (χ1n) is 4.92. The molecule has 1 aromatic carbocycles. The number of hydrogen-bond donors (Lipinski definition) is 2. The van der Waals surface area contributed by atoms with Crippen molar-refractivity contribution in [2.45, 2.75) is 10.4 Å². The molecular formula is C11H12BrN3S. The SMILES string of the molecule is NCC(Sc1ncc[nH]1)c1ccccc1Br. The molecule has 1 atom stereocenters. The van der Waals surface area contributed by atoms with Gasteiger partial charge in [0, 0.05) is 23.4 Å². The Morgan fingerprint density at radius 3 is 2.88 bits per heavy atom. The van der Waals surface area contributed by atoms with Crippen LogP contribution in [0.4, 0.5) is 0 Å². The van der Waals surface area contributed by atoms with Gasteiger partial charge in [-0.15, -0.1) is 0 Å². The van der Waals surface area contributed by atoms with Gasteiger partial charge in [-0.2, -0.15) is 0 Å². The Bertz CT molecular complexity index is 444. The number of rotatable bonds is 4. The number of nitrogens with one attached hydrogen (secondary N) is 1. The molecule has 0 fully saturated rings. The lowest BCUT2D eigenvalue weighted by Crippen LogP contribution is -2.10. The van der Waals surface area contributed by atoms with Crippen molar-refractivity contribution in [1.29, 1.82) is 0 Å². The molecule has 0 spiro atoms. The van der Waals surface area contributed by atoms with Gasteiger partial charge in [0.2, 0.25) is 0 Å². The molecule has 0 aliphatic heterocycles. The fourth-order valence-electron chi connectivity index (χ4n) is 1.42. The van der Waals surface area contributed by atoms with Gasteiger partial charge in [-0.25, -0.2) is 4.98 Å². The van der Waals surface area contributed by atoms with Crippen molar-refractivity contribution in [3.8, 4) is 0 Å². The van der Waals surface area contributed by atoms with Gasteiger partial charge in [-0.05, 0) is 11.6 Å². The third kappa shape index (κ3) is 2.66. The van der Waals surface area contributed by atoms with E-state index in [9.17, 15) is 0 Å². The molecule has 5 heteroatoms. The molecule has 3 N–H and O–H groups in total. The number of nitrogens with two attached hydrogens (primary N) is 1. The summed E-state index contributed by atoms with van der Waals surface area (Å²) >= 11 is 5.18. The van der Waals surface area contributed by atoms with Crippen LogP contribution in [0.2, 0.25) is 0 Å². The predicted octanol–water partition coefficient (Wildman–Crippen LogP) is 2.96. The molecule has 1 aromatic heterocycles. The molecule has 0 amide bonds. The number of benzene rings is 1. The van der Waals surface area contributed by atoms with E-state index in [1.165, 1.54) is 5.56 Å². The zero-order valence-corrected chi connectivity index (χ0v) is 11.0. The van der Waals surface area contributed by atoms with Gasteiger partial charge in [-0.1, -0.05) is 45.9 Å². The van der Waals surface area contributed by atoms with Gasteiger partial charge >= 0.3 is 0 Å². The highest BCUT2D eigenvalue weighted by molar-refractivity contribution is 9.10. The van der Waals surface area contributed by atoms with Crippen LogP contribution in [0.5, 0.6) is 0 Å². The van der Waals surface area contributed by atoms with E-state index in [0.717, 1.165) is 9.63 Å². The highest BCUT2D eigenvalue weighted by Gasteiger charge is 2.14. The lowest BCUT2D eigenvalue weighted by Gasteiger charge is -2.14. The van der Waals surface area contributed by atoms with Crippen LogP contribution < -0.4 is 5.73 Å². The van der Waals surface area contributed by atoms with Gasteiger partial charge in [-0.3, -0.25) is 0 Å². The summed E-state index contributed by atoms with van der Waals surface area (Å²) in [5.74, 6) is 0. The second-order valence-electron chi connectivity index (χ2n) is 3.26. The average molecular weight is 298 g/mol. The first-order chi connectivity index (χ1) is 7.81. The monoisotopic (exact) mass is 297 g/mol. The van der Waals surface area contributed by atoms with Crippen LogP contribution in [0, 0.1) is 0 Å². The molecule has 0 aliphatic carbocycles. The van der Waals surface area contributed by atoms with Crippen LogP contribution >= 0.6 is 27.7 Å². The summed E-state index contributed by atoms with van der Waals surface area (Å²) in [6.45, 7) is 0.577. The van der Waals surface area contributed by atoms with Crippen LogP contribution in [0.25, 0.3) is 0 Å². The molecule has 16 heavy (non-hydrogen) atoms. The fourth-order valence-corrected chi connectivity index (χ4v) is 3.09. The van der Waals surface area contributed by atoms with Crippen LogP contribution in [0.3, 0.4) is 0 Å². The summed E-state index contributed by atoms with van der Waals surface area (Å²) < 4.78 is 1.09. The van der Waals surface area contributed by atoms with Gasteiger partial charge in [0.15, 0.2) is 5.16 Å². The van der Waals surface area contributed by atoms with E-state index in [2.05, 4.69) is 32.0 Å². The molecule has 2 aromatic rings. The van der Waals surface area contributed by atoms with Gasteiger partial charge in [0.25, 0.3) is 0 Å². The number of aromatic nitrogens is 2. The van der Waals surface area contributed by atoms with Crippen LogP contribution in [0.1, 0.15) is 10.8 Å². The van der Waals surface area contributed by atoms with Crippen molar-refractivity contribution in [3.05, 3.63) is 46.7 Å². The quantitative estimate of drug-likeness (QED) is 0.853. The van der Waals surface area contributed by atoms with Crippen molar-refractivity contribution in [2.24, 2.45) is 5.73 Å². The van der Waals surface area contributed by atoms with E-state index in [0.29, 0.717) is 6.54 Å². The number of aromatic amines is 1. The van der Waals surface area contributed by atoms with Crippen molar-refractivity contribution in [2.75, 3.05) is 6.54 Å². The van der Waals surface area contributed by atoms with Crippen molar-refractivity contribution in [1.82, 2.24) is 9.97 Å².